The average molecular weight is 286 g/mol. The Morgan fingerprint density at radius 2 is 1.95 bits per heavy atom. The van der Waals surface area contributed by atoms with Gasteiger partial charge in [0.1, 0.15) is 23.8 Å². The Balaban J connectivity index is 1.93. The van der Waals surface area contributed by atoms with Crippen LogP contribution < -0.4 is 5.32 Å². The lowest BCUT2D eigenvalue weighted by Crippen LogP contribution is -2.08. The molecule has 2 heterocycles. The molecule has 0 unspecified atom stereocenters. The van der Waals surface area contributed by atoms with Gasteiger partial charge in [-0.05, 0) is 24.3 Å². The molecule has 4 nitrogen and oxygen atoms in total. The highest BCUT2D eigenvalue weighted by Crippen LogP contribution is 2.27. The Hall–Kier alpha value is -2.02. The largest absolute Gasteiger partial charge is 0.462 e. The monoisotopic (exact) mass is 286 g/mol. The molecule has 0 aliphatic rings. The van der Waals surface area contributed by atoms with Gasteiger partial charge in [-0.15, -0.1) is 0 Å². The molecule has 108 valence electrons. The smallest absolute Gasteiger partial charge is 0.433 e. The number of ether oxygens (including phenoxy) is 1. The fraction of sp³-hybridized carbons (Fsp3) is 0.308. The maximum atomic E-state index is 12.3. The molecule has 0 fully saturated rings. The van der Waals surface area contributed by atoms with Crippen molar-refractivity contribution in [3.63, 3.8) is 0 Å². The van der Waals surface area contributed by atoms with Crippen molar-refractivity contribution in [1.29, 1.82) is 0 Å². The van der Waals surface area contributed by atoms with Gasteiger partial charge in [0.05, 0.1) is 18.4 Å². The average Bonchev–Trinajstić information content (AvgIpc) is 2.84. The van der Waals surface area contributed by atoms with Crippen LogP contribution >= 0.6 is 0 Å². The number of furan rings is 1. The number of hydrogen-bond acceptors (Lipinski definition) is 4. The SMILES string of the molecule is COCc1ccc(CNc2ccc(C(F)(F)F)nc2)o1. The predicted octanol–water partition coefficient (Wildman–Crippen LogP) is 3.45. The van der Waals surface area contributed by atoms with Gasteiger partial charge in [0, 0.05) is 7.11 Å². The molecule has 0 saturated heterocycles. The molecule has 0 aliphatic carbocycles. The van der Waals surface area contributed by atoms with Crippen molar-refractivity contribution in [2.24, 2.45) is 0 Å². The first-order valence-electron chi connectivity index (χ1n) is 5.82. The number of methoxy groups -OCH3 is 1. The molecule has 0 amide bonds. The van der Waals surface area contributed by atoms with E-state index < -0.39 is 11.9 Å². The zero-order chi connectivity index (χ0) is 14.6. The second kappa shape index (κ2) is 5.96. The summed E-state index contributed by atoms with van der Waals surface area (Å²) in [7, 11) is 1.56. The van der Waals surface area contributed by atoms with Crippen molar-refractivity contribution in [2.45, 2.75) is 19.3 Å². The number of nitrogens with zero attached hydrogens (tertiary/aromatic N) is 1. The van der Waals surface area contributed by atoms with Crippen LogP contribution in [-0.2, 0) is 24.1 Å². The number of pyridine rings is 1. The van der Waals surface area contributed by atoms with E-state index in [1.165, 1.54) is 6.07 Å². The first-order valence-corrected chi connectivity index (χ1v) is 5.82. The van der Waals surface area contributed by atoms with Crippen molar-refractivity contribution >= 4 is 5.69 Å². The Labute approximate surface area is 113 Å². The Bertz CT molecular complexity index is 549. The van der Waals surface area contributed by atoms with Crippen LogP contribution in [0.1, 0.15) is 17.2 Å². The fourth-order valence-electron chi connectivity index (χ4n) is 1.59. The van der Waals surface area contributed by atoms with Crippen LogP contribution in [0.25, 0.3) is 0 Å². The third kappa shape index (κ3) is 3.74. The Morgan fingerprint density at radius 1 is 1.20 bits per heavy atom. The molecular formula is C13H13F3N2O2. The van der Waals surface area contributed by atoms with Crippen molar-refractivity contribution in [1.82, 2.24) is 4.98 Å². The van der Waals surface area contributed by atoms with E-state index in [9.17, 15) is 13.2 Å². The first-order chi connectivity index (χ1) is 9.49. The number of anilines is 1. The molecule has 2 rings (SSSR count). The van der Waals surface area contributed by atoms with Crippen LogP contribution in [0.5, 0.6) is 0 Å². The predicted molar refractivity (Wildman–Crippen MR) is 66.0 cm³/mol. The molecule has 7 heteroatoms. The number of alkyl halides is 3. The highest BCUT2D eigenvalue weighted by Gasteiger charge is 2.31. The van der Waals surface area contributed by atoms with Gasteiger partial charge in [-0.25, -0.2) is 4.98 Å². The summed E-state index contributed by atoms with van der Waals surface area (Å²) in [6, 6.07) is 5.82. The molecule has 0 spiro atoms. The van der Waals surface area contributed by atoms with Gasteiger partial charge in [-0.3, -0.25) is 0 Å². The zero-order valence-corrected chi connectivity index (χ0v) is 10.7. The van der Waals surface area contributed by atoms with Gasteiger partial charge in [0.2, 0.25) is 0 Å². The molecule has 1 N–H and O–H groups in total. The molecule has 0 aromatic carbocycles. The minimum Gasteiger partial charge on any atom is -0.462 e. The molecule has 0 bridgehead atoms. The summed E-state index contributed by atoms with van der Waals surface area (Å²) in [5.74, 6) is 1.35. The molecule has 20 heavy (non-hydrogen) atoms. The van der Waals surface area contributed by atoms with Gasteiger partial charge >= 0.3 is 6.18 Å². The molecular weight excluding hydrogens is 273 g/mol. The van der Waals surface area contributed by atoms with E-state index in [-0.39, 0.29) is 0 Å². The summed E-state index contributed by atoms with van der Waals surface area (Å²) >= 11 is 0. The maximum Gasteiger partial charge on any atom is 0.433 e. The second-order valence-electron chi connectivity index (χ2n) is 4.08. The lowest BCUT2D eigenvalue weighted by molar-refractivity contribution is -0.141. The topological polar surface area (TPSA) is 47.3 Å². The van der Waals surface area contributed by atoms with E-state index in [0.29, 0.717) is 30.4 Å². The zero-order valence-electron chi connectivity index (χ0n) is 10.7. The van der Waals surface area contributed by atoms with Gasteiger partial charge in [0.15, 0.2) is 0 Å². The van der Waals surface area contributed by atoms with E-state index in [1.54, 1.807) is 19.2 Å². The minimum absolute atomic E-state index is 0.358. The quantitative estimate of drug-likeness (QED) is 0.914. The lowest BCUT2D eigenvalue weighted by atomic mass is 10.3. The summed E-state index contributed by atoms with van der Waals surface area (Å²) in [6.07, 6.45) is -3.28. The van der Waals surface area contributed by atoms with Crippen LogP contribution in [0.3, 0.4) is 0 Å². The van der Waals surface area contributed by atoms with E-state index in [2.05, 4.69) is 10.3 Å². The summed E-state index contributed by atoms with van der Waals surface area (Å²) < 4.78 is 47.4. The second-order valence-corrected chi connectivity index (χ2v) is 4.08. The van der Waals surface area contributed by atoms with Crippen molar-refractivity contribution in [3.8, 4) is 0 Å². The summed E-state index contributed by atoms with van der Waals surface area (Å²) in [6.45, 7) is 0.735. The van der Waals surface area contributed by atoms with Gasteiger partial charge in [-0.1, -0.05) is 0 Å². The lowest BCUT2D eigenvalue weighted by Gasteiger charge is -2.07. The number of halogens is 3. The summed E-state index contributed by atoms with van der Waals surface area (Å²) in [4.78, 5) is 3.36. The standard InChI is InChI=1S/C13H13F3N2O2/c1-19-8-11-4-3-10(20-11)7-17-9-2-5-12(18-6-9)13(14,15)16/h2-6,17H,7-8H2,1H3. The van der Waals surface area contributed by atoms with Gasteiger partial charge in [-0.2, -0.15) is 13.2 Å². The number of aromatic nitrogens is 1. The molecule has 2 aromatic rings. The highest BCUT2D eigenvalue weighted by molar-refractivity contribution is 5.41. The summed E-state index contributed by atoms with van der Waals surface area (Å²) in [5.41, 5.74) is -0.425. The third-order valence-corrected chi connectivity index (χ3v) is 2.52. The van der Waals surface area contributed by atoms with Crippen LogP contribution in [0.4, 0.5) is 18.9 Å². The Morgan fingerprint density at radius 3 is 2.55 bits per heavy atom. The van der Waals surface area contributed by atoms with Crippen LogP contribution in [0.15, 0.2) is 34.9 Å². The molecule has 0 aliphatic heterocycles. The van der Waals surface area contributed by atoms with Crippen LogP contribution in [0, 0.1) is 0 Å². The normalized spacial score (nSPS) is 11.6. The first kappa shape index (κ1) is 14.4. The molecule has 0 saturated carbocycles. The number of hydrogen-bond donors (Lipinski definition) is 1. The number of rotatable bonds is 5. The van der Waals surface area contributed by atoms with Crippen molar-refractivity contribution in [3.05, 3.63) is 47.7 Å². The summed E-state index contributed by atoms with van der Waals surface area (Å²) in [5, 5.41) is 2.93. The molecule has 2 aromatic heterocycles. The van der Waals surface area contributed by atoms with E-state index in [1.807, 2.05) is 0 Å². The molecule has 0 radical (unpaired) electrons. The highest BCUT2D eigenvalue weighted by atomic mass is 19.4. The maximum absolute atomic E-state index is 12.3. The number of nitrogens with one attached hydrogen (secondary N) is 1. The minimum atomic E-state index is -4.42. The third-order valence-electron chi connectivity index (χ3n) is 2.52. The van der Waals surface area contributed by atoms with Crippen LogP contribution in [-0.4, -0.2) is 12.1 Å². The van der Waals surface area contributed by atoms with E-state index in [0.717, 1.165) is 12.3 Å². The fourth-order valence-corrected chi connectivity index (χ4v) is 1.59. The van der Waals surface area contributed by atoms with E-state index in [4.69, 9.17) is 9.15 Å². The molecule has 0 atom stereocenters. The van der Waals surface area contributed by atoms with Crippen LogP contribution in [0.2, 0.25) is 0 Å². The van der Waals surface area contributed by atoms with Gasteiger partial charge in [0.25, 0.3) is 0 Å². The van der Waals surface area contributed by atoms with E-state index >= 15 is 0 Å². The van der Waals surface area contributed by atoms with Gasteiger partial charge < -0.3 is 14.5 Å². The van der Waals surface area contributed by atoms with Crippen molar-refractivity contribution in [2.75, 3.05) is 12.4 Å². The van der Waals surface area contributed by atoms with Crippen molar-refractivity contribution < 1.29 is 22.3 Å². The Kier molecular flexibility index (Phi) is 4.29.